The molecule has 2 aromatic rings. The zero-order chi connectivity index (χ0) is 17.0. The van der Waals surface area contributed by atoms with E-state index in [2.05, 4.69) is 18.6 Å². The molecule has 0 aromatic heterocycles. The Labute approximate surface area is 137 Å². The molecule has 1 unspecified atom stereocenters. The van der Waals surface area contributed by atoms with Crippen LogP contribution in [0.3, 0.4) is 0 Å². The zero-order valence-corrected chi connectivity index (χ0v) is 14.4. The van der Waals surface area contributed by atoms with E-state index in [0.717, 1.165) is 6.42 Å². The summed E-state index contributed by atoms with van der Waals surface area (Å²) < 4.78 is 27.3. The van der Waals surface area contributed by atoms with E-state index in [4.69, 9.17) is 0 Å². The highest BCUT2D eigenvalue weighted by atomic mass is 32.2. The third kappa shape index (κ3) is 4.20. The first-order chi connectivity index (χ1) is 10.8. The van der Waals surface area contributed by atoms with Gasteiger partial charge in [-0.25, -0.2) is 8.42 Å². The van der Waals surface area contributed by atoms with E-state index in [0.29, 0.717) is 17.2 Å². The molecule has 0 aliphatic heterocycles. The Bertz CT molecular complexity index is 778. The lowest BCUT2D eigenvalue weighted by atomic mass is 9.99. The van der Waals surface area contributed by atoms with Crippen molar-refractivity contribution in [2.24, 2.45) is 0 Å². The summed E-state index contributed by atoms with van der Waals surface area (Å²) in [6, 6.07) is 13.3. The van der Waals surface area contributed by atoms with Gasteiger partial charge in [-0.3, -0.25) is 9.52 Å². The van der Waals surface area contributed by atoms with Crippen LogP contribution < -0.4 is 4.72 Å². The number of ketones is 1. The molecular weight excluding hydrogens is 310 g/mol. The molecule has 2 aromatic carbocycles. The second-order valence-corrected chi connectivity index (χ2v) is 7.30. The summed E-state index contributed by atoms with van der Waals surface area (Å²) in [5.41, 5.74) is 2.19. The fraction of sp³-hybridized carbons (Fsp3) is 0.278. The van der Waals surface area contributed by atoms with E-state index in [1.54, 1.807) is 12.1 Å². The number of hydrogen-bond donors (Lipinski definition) is 1. The van der Waals surface area contributed by atoms with Crippen LogP contribution >= 0.6 is 0 Å². The first-order valence-electron chi connectivity index (χ1n) is 7.57. The van der Waals surface area contributed by atoms with E-state index in [-0.39, 0.29) is 10.7 Å². The maximum Gasteiger partial charge on any atom is 0.261 e. The number of nitrogens with one attached hydrogen (secondary N) is 1. The molecule has 0 amide bonds. The largest absolute Gasteiger partial charge is 0.295 e. The van der Waals surface area contributed by atoms with Crippen LogP contribution in [0.2, 0.25) is 0 Å². The van der Waals surface area contributed by atoms with Crippen LogP contribution in [0.15, 0.2) is 53.4 Å². The molecule has 0 aliphatic rings. The van der Waals surface area contributed by atoms with Crippen LogP contribution in [-0.2, 0) is 10.0 Å². The Balaban J connectivity index is 2.19. The van der Waals surface area contributed by atoms with Gasteiger partial charge in [-0.2, -0.15) is 0 Å². The summed E-state index contributed by atoms with van der Waals surface area (Å²) in [7, 11) is -3.66. The molecule has 0 aliphatic carbocycles. The molecule has 1 atom stereocenters. The molecule has 0 fully saturated rings. The van der Waals surface area contributed by atoms with Crippen molar-refractivity contribution in [2.75, 3.05) is 4.72 Å². The predicted octanol–water partition coefficient (Wildman–Crippen LogP) is 4.20. The van der Waals surface area contributed by atoms with E-state index in [1.165, 1.54) is 36.8 Å². The van der Waals surface area contributed by atoms with Crippen LogP contribution in [0.1, 0.15) is 49.0 Å². The molecule has 2 rings (SSSR count). The topological polar surface area (TPSA) is 63.2 Å². The molecule has 0 spiro atoms. The quantitative estimate of drug-likeness (QED) is 0.807. The lowest BCUT2D eigenvalue weighted by Crippen LogP contribution is -2.13. The summed E-state index contributed by atoms with van der Waals surface area (Å²) in [5, 5.41) is 0. The highest BCUT2D eigenvalue weighted by Gasteiger charge is 2.14. The molecule has 0 saturated heterocycles. The Kier molecular flexibility index (Phi) is 5.21. The third-order valence-electron chi connectivity index (χ3n) is 3.92. The van der Waals surface area contributed by atoms with Crippen LogP contribution in [0.25, 0.3) is 0 Å². The minimum Gasteiger partial charge on any atom is -0.295 e. The molecule has 122 valence electrons. The normalized spacial score (nSPS) is 12.7. The first kappa shape index (κ1) is 17.2. The van der Waals surface area contributed by atoms with Crippen molar-refractivity contribution in [1.29, 1.82) is 0 Å². The SMILES string of the molecule is CCC(C)c1ccc(NS(=O)(=O)c2ccc(C(C)=O)cc2)cc1. The fourth-order valence-electron chi connectivity index (χ4n) is 2.20. The second-order valence-electron chi connectivity index (χ2n) is 5.62. The number of Topliss-reactive ketones (excluding diaryl/α,β-unsaturated/α-hetero) is 1. The van der Waals surface area contributed by atoms with Crippen LogP contribution in [0.5, 0.6) is 0 Å². The molecule has 0 saturated carbocycles. The van der Waals surface area contributed by atoms with Gasteiger partial charge in [-0.1, -0.05) is 38.1 Å². The van der Waals surface area contributed by atoms with Gasteiger partial charge < -0.3 is 0 Å². The third-order valence-corrected chi connectivity index (χ3v) is 5.31. The number of carbonyl (C=O) groups excluding carboxylic acids is 1. The summed E-state index contributed by atoms with van der Waals surface area (Å²) >= 11 is 0. The lowest BCUT2D eigenvalue weighted by Gasteiger charge is -2.11. The highest BCUT2D eigenvalue weighted by Crippen LogP contribution is 2.22. The Hall–Kier alpha value is -2.14. The van der Waals surface area contributed by atoms with Gasteiger partial charge in [0.25, 0.3) is 10.0 Å². The standard InChI is InChI=1S/C18H21NO3S/c1-4-13(2)15-5-9-17(10-6-15)19-23(21,22)18-11-7-16(8-12-18)14(3)20/h5-13,19H,4H2,1-3H3. The minimum atomic E-state index is -3.66. The smallest absolute Gasteiger partial charge is 0.261 e. The van der Waals surface area contributed by atoms with Crippen LogP contribution in [0.4, 0.5) is 5.69 Å². The van der Waals surface area contributed by atoms with E-state index in [9.17, 15) is 13.2 Å². The van der Waals surface area contributed by atoms with Crippen LogP contribution in [-0.4, -0.2) is 14.2 Å². The van der Waals surface area contributed by atoms with Gasteiger partial charge >= 0.3 is 0 Å². The van der Waals surface area contributed by atoms with Crippen molar-refractivity contribution in [1.82, 2.24) is 0 Å². The van der Waals surface area contributed by atoms with Crippen molar-refractivity contribution in [3.8, 4) is 0 Å². The van der Waals surface area contributed by atoms with Crippen molar-refractivity contribution in [3.05, 3.63) is 59.7 Å². The van der Waals surface area contributed by atoms with Crippen molar-refractivity contribution in [2.45, 2.75) is 38.0 Å². The lowest BCUT2D eigenvalue weighted by molar-refractivity contribution is 0.101. The number of carbonyl (C=O) groups is 1. The van der Waals surface area contributed by atoms with Gasteiger partial charge in [0.2, 0.25) is 0 Å². The number of rotatable bonds is 6. The summed E-state index contributed by atoms with van der Waals surface area (Å²) in [5.74, 6) is 0.349. The first-order valence-corrected chi connectivity index (χ1v) is 9.05. The molecular formula is C18H21NO3S. The maximum atomic E-state index is 12.4. The van der Waals surface area contributed by atoms with Crippen molar-refractivity contribution in [3.63, 3.8) is 0 Å². The van der Waals surface area contributed by atoms with Gasteiger partial charge in [0, 0.05) is 11.3 Å². The number of hydrogen-bond acceptors (Lipinski definition) is 3. The molecule has 4 nitrogen and oxygen atoms in total. The van der Waals surface area contributed by atoms with E-state index >= 15 is 0 Å². The van der Waals surface area contributed by atoms with Crippen molar-refractivity contribution < 1.29 is 13.2 Å². The number of anilines is 1. The molecule has 0 radical (unpaired) electrons. The van der Waals surface area contributed by atoms with Gasteiger partial charge in [-0.05, 0) is 49.1 Å². The highest BCUT2D eigenvalue weighted by molar-refractivity contribution is 7.92. The average molecular weight is 331 g/mol. The Morgan fingerprint density at radius 1 is 1.04 bits per heavy atom. The van der Waals surface area contributed by atoms with Crippen LogP contribution in [0, 0.1) is 0 Å². The summed E-state index contributed by atoms with van der Waals surface area (Å²) in [6.45, 7) is 5.70. The van der Waals surface area contributed by atoms with E-state index < -0.39 is 10.0 Å². The Morgan fingerprint density at radius 3 is 2.09 bits per heavy atom. The zero-order valence-electron chi connectivity index (χ0n) is 13.5. The van der Waals surface area contributed by atoms with E-state index in [1.807, 2.05) is 12.1 Å². The summed E-state index contributed by atoms with van der Waals surface area (Å²) in [4.78, 5) is 11.4. The average Bonchev–Trinajstić information content (AvgIpc) is 2.54. The minimum absolute atomic E-state index is 0.0949. The predicted molar refractivity (Wildman–Crippen MR) is 92.4 cm³/mol. The van der Waals surface area contributed by atoms with Gasteiger partial charge in [-0.15, -0.1) is 0 Å². The molecule has 1 N–H and O–H groups in total. The maximum absolute atomic E-state index is 12.4. The van der Waals surface area contributed by atoms with Gasteiger partial charge in [0.1, 0.15) is 0 Å². The summed E-state index contributed by atoms with van der Waals surface area (Å²) in [6.07, 6.45) is 1.04. The Morgan fingerprint density at radius 2 is 1.61 bits per heavy atom. The molecule has 5 heteroatoms. The second kappa shape index (κ2) is 6.96. The number of benzene rings is 2. The molecule has 23 heavy (non-hydrogen) atoms. The van der Waals surface area contributed by atoms with Crippen molar-refractivity contribution >= 4 is 21.5 Å². The fourth-order valence-corrected chi connectivity index (χ4v) is 3.26. The van der Waals surface area contributed by atoms with Gasteiger partial charge in [0.15, 0.2) is 5.78 Å². The monoisotopic (exact) mass is 331 g/mol. The molecule has 0 heterocycles. The number of sulfonamides is 1. The van der Waals surface area contributed by atoms with Gasteiger partial charge in [0.05, 0.1) is 4.90 Å². The molecule has 0 bridgehead atoms.